The van der Waals surface area contributed by atoms with Gasteiger partial charge >= 0.3 is 0 Å². The molecule has 0 amide bonds. The molecule has 3 nitrogen and oxygen atoms in total. The van der Waals surface area contributed by atoms with Gasteiger partial charge in [-0.1, -0.05) is 6.08 Å². The van der Waals surface area contributed by atoms with Gasteiger partial charge < -0.3 is 9.73 Å². The Morgan fingerprint density at radius 2 is 2.44 bits per heavy atom. The maximum atomic E-state index is 5.82. The zero-order valence-electron chi connectivity index (χ0n) is 8.81. The second kappa shape index (κ2) is 2.95. The minimum absolute atomic E-state index is 0.649. The fourth-order valence-electron chi connectivity index (χ4n) is 2.59. The van der Waals surface area contributed by atoms with E-state index in [9.17, 15) is 0 Å². The van der Waals surface area contributed by atoms with Crippen LogP contribution in [0.25, 0.3) is 16.7 Å². The summed E-state index contributed by atoms with van der Waals surface area (Å²) in [7, 11) is 0. The molecule has 1 aliphatic carbocycles. The topological polar surface area (TPSA) is 38.1 Å². The molecular formula is C13H12N2O. The molecule has 0 saturated carbocycles. The number of hydrogen-bond acceptors (Lipinski definition) is 3. The van der Waals surface area contributed by atoms with Gasteiger partial charge in [0, 0.05) is 30.8 Å². The van der Waals surface area contributed by atoms with Crippen molar-refractivity contribution in [2.45, 2.75) is 12.5 Å². The highest BCUT2D eigenvalue weighted by Crippen LogP contribution is 2.37. The van der Waals surface area contributed by atoms with Crippen LogP contribution in [0.4, 0.5) is 0 Å². The van der Waals surface area contributed by atoms with E-state index in [-0.39, 0.29) is 0 Å². The quantitative estimate of drug-likeness (QED) is 0.787. The lowest BCUT2D eigenvalue weighted by Crippen LogP contribution is -2.49. The average molecular weight is 212 g/mol. The summed E-state index contributed by atoms with van der Waals surface area (Å²) in [5.41, 5.74) is 3.16. The third-order valence-corrected chi connectivity index (χ3v) is 3.59. The summed E-state index contributed by atoms with van der Waals surface area (Å²) < 4.78 is 5.82. The molecule has 2 aromatic rings. The smallest absolute Gasteiger partial charge is 0.153 e. The van der Waals surface area contributed by atoms with Gasteiger partial charge in [0.2, 0.25) is 0 Å². The van der Waals surface area contributed by atoms with Crippen LogP contribution in [0.5, 0.6) is 0 Å². The molecule has 3 heterocycles. The Kier molecular flexibility index (Phi) is 1.57. The van der Waals surface area contributed by atoms with Gasteiger partial charge in [0.25, 0.3) is 0 Å². The Labute approximate surface area is 93.2 Å². The Morgan fingerprint density at radius 3 is 3.12 bits per heavy atom. The van der Waals surface area contributed by atoms with Gasteiger partial charge in [-0.25, -0.2) is 0 Å². The second-order valence-corrected chi connectivity index (χ2v) is 4.57. The van der Waals surface area contributed by atoms with Crippen molar-refractivity contribution in [3.05, 3.63) is 36.2 Å². The fraction of sp³-hybridized carbons (Fsp3) is 0.308. The molecule has 2 aromatic heterocycles. The lowest BCUT2D eigenvalue weighted by molar-refractivity contribution is 0.306. The van der Waals surface area contributed by atoms with Crippen LogP contribution >= 0.6 is 0 Å². The predicted molar refractivity (Wildman–Crippen MR) is 61.9 cm³/mol. The van der Waals surface area contributed by atoms with Gasteiger partial charge in [0.05, 0.1) is 0 Å². The molecule has 1 saturated heterocycles. The van der Waals surface area contributed by atoms with Crippen molar-refractivity contribution in [2.75, 3.05) is 6.54 Å². The maximum Gasteiger partial charge on any atom is 0.153 e. The standard InChI is InChI=1S/C13H12N2O/c1-2-12-11(14-3-1)6-13(16-12)8-4-9-7-15-10(9)5-8/h1-4,6,9-10,15H,5,7H2. The number of aromatic nitrogens is 1. The first kappa shape index (κ1) is 8.53. The largest absolute Gasteiger partial charge is 0.455 e. The molecule has 0 aromatic carbocycles. The first-order valence-electron chi connectivity index (χ1n) is 5.69. The molecule has 1 fully saturated rings. The van der Waals surface area contributed by atoms with Crippen molar-refractivity contribution in [1.82, 2.24) is 10.3 Å². The summed E-state index contributed by atoms with van der Waals surface area (Å²) in [5.74, 6) is 1.71. The Bertz CT molecular complexity index is 551. The number of nitrogens with zero attached hydrogens (tertiary/aromatic N) is 1. The van der Waals surface area contributed by atoms with Crippen LogP contribution in [0, 0.1) is 5.92 Å². The molecule has 0 spiro atoms. The van der Waals surface area contributed by atoms with E-state index in [1.807, 2.05) is 18.2 Å². The molecule has 16 heavy (non-hydrogen) atoms. The molecule has 4 rings (SSSR count). The van der Waals surface area contributed by atoms with Crippen LogP contribution in [0.15, 0.2) is 34.9 Å². The first-order valence-corrected chi connectivity index (χ1v) is 5.69. The van der Waals surface area contributed by atoms with Gasteiger partial charge in [0.1, 0.15) is 11.3 Å². The molecule has 1 aliphatic heterocycles. The number of rotatable bonds is 1. The van der Waals surface area contributed by atoms with Crippen LogP contribution < -0.4 is 5.32 Å². The zero-order valence-corrected chi connectivity index (χ0v) is 8.81. The van der Waals surface area contributed by atoms with Gasteiger partial charge in [-0.2, -0.15) is 0 Å². The molecule has 0 bridgehead atoms. The highest BCUT2D eigenvalue weighted by Gasteiger charge is 2.35. The van der Waals surface area contributed by atoms with Gasteiger partial charge in [0.15, 0.2) is 5.58 Å². The monoisotopic (exact) mass is 212 g/mol. The van der Waals surface area contributed by atoms with Crippen LogP contribution in [0.2, 0.25) is 0 Å². The highest BCUT2D eigenvalue weighted by atomic mass is 16.3. The van der Waals surface area contributed by atoms with Crippen LogP contribution in [0.3, 0.4) is 0 Å². The zero-order chi connectivity index (χ0) is 10.5. The number of furan rings is 1. The SMILES string of the molecule is C1=C(c2cc3ncccc3o2)CC2NCC12. The third kappa shape index (κ3) is 1.09. The van der Waals surface area contributed by atoms with Crippen molar-refractivity contribution in [2.24, 2.45) is 5.92 Å². The number of pyridine rings is 1. The van der Waals surface area contributed by atoms with E-state index in [2.05, 4.69) is 16.4 Å². The summed E-state index contributed by atoms with van der Waals surface area (Å²) >= 11 is 0. The summed E-state index contributed by atoms with van der Waals surface area (Å²) in [6.07, 6.45) is 5.24. The van der Waals surface area contributed by atoms with Crippen molar-refractivity contribution >= 4 is 16.7 Å². The van der Waals surface area contributed by atoms with Gasteiger partial charge in [-0.3, -0.25) is 4.98 Å². The maximum absolute atomic E-state index is 5.82. The summed E-state index contributed by atoms with van der Waals surface area (Å²) in [5, 5.41) is 3.43. The van der Waals surface area contributed by atoms with E-state index in [0.29, 0.717) is 6.04 Å². The second-order valence-electron chi connectivity index (χ2n) is 4.57. The Balaban J connectivity index is 1.79. The molecule has 3 heteroatoms. The average Bonchev–Trinajstić information content (AvgIpc) is 2.81. The van der Waals surface area contributed by atoms with Crippen molar-refractivity contribution in [1.29, 1.82) is 0 Å². The van der Waals surface area contributed by atoms with E-state index in [0.717, 1.165) is 35.7 Å². The lowest BCUT2D eigenvalue weighted by atomic mass is 9.96. The van der Waals surface area contributed by atoms with Crippen molar-refractivity contribution in [3.8, 4) is 0 Å². The highest BCUT2D eigenvalue weighted by molar-refractivity contribution is 5.79. The molecule has 2 unspecified atom stereocenters. The molecule has 2 aliphatic rings. The van der Waals surface area contributed by atoms with E-state index in [4.69, 9.17) is 4.42 Å². The molecule has 2 atom stereocenters. The predicted octanol–water partition coefficient (Wildman–Crippen LogP) is 2.20. The summed E-state index contributed by atoms with van der Waals surface area (Å²) in [4.78, 5) is 4.29. The van der Waals surface area contributed by atoms with Gasteiger partial charge in [-0.05, 0) is 24.1 Å². The van der Waals surface area contributed by atoms with E-state index in [1.165, 1.54) is 5.57 Å². The summed E-state index contributed by atoms with van der Waals surface area (Å²) in [6, 6.07) is 6.57. The lowest BCUT2D eigenvalue weighted by Gasteiger charge is -2.31. The van der Waals surface area contributed by atoms with Gasteiger partial charge in [-0.15, -0.1) is 0 Å². The van der Waals surface area contributed by atoms with Crippen LogP contribution in [0.1, 0.15) is 12.2 Å². The Morgan fingerprint density at radius 1 is 1.44 bits per heavy atom. The van der Waals surface area contributed by atoms with Crippen LogP contribution in [-0.2, 0) is 0 Å². The number of hydrogen-bond donors (Lipinski definition) is 1. The third-order valence-electron chi connectivity index (χ3n) is 3.59. The van der Waals surface area contributed by atoms with E-state index < -0.39 is 0 Å². The first-order chi connectivity index (χ1) is 7.90. The van der Waals surface area contributed by atoms with E-state index >= 15 is 0 Å². The molecule has 1 N–H and O–H groups in total. The molecule has 80 valence electrons. The molecular weight excluding hydrogens is 200 g/mol. The van der Waals surface area contributed by atoms with Crippen LogP contribution in [-0.4, -0.2) is 17.6 Å². The normalized spacial score (nSPS) is 27.6. The number of fused-ring (bicyclic) bond motifs is 2. The van der Waals surface area contributed by atoms with E-state index in [1.54, 1.807) is 6.20 Å². The van der Waals surface area contributed by atoms with Crippen molar-refractivity contribution < 1.29 is 4.42 Å². The van der Waals surface area contributed by atoms with Crippen molar-refractivity contribution in [3.63, 3.8) is 0 Å². The minimum atomic E-state index is 0.649. The Hall–Kier alpha value is -1.61. The number of nitrogens with one attached hydrogen (secondary N) is 1. The molecule has 0 radical (unpaired) electrons. The summed E-state index contributed by atoms with van der Waals surface area (Å²) in [6.45, 7) is 1.12. The fourth-order valence-corrected chi connectivity index (χ4v) is 2.59. The minimum Gasteiger partial charge on any atom is -0.455 e.